The van der Waals surface area contributed by atoms with Crippen molar-refractivity contribution in [1.82, 2.24) is 0 Å². The van der Waals surface area contributed by atoms with Gasteiger partial charge in [-0.1, -0.05) is 13.5 Å². The van der Waals surface area contributed by atoms with Crippen LogP contribution < -0.4 is 5.32 Å². The van der Waals surface area contributed by atoms with E-state index < -0.39 is 0 Å². The molecule has 3 heteroatoms. The van der Waals surface area contributed by atoms with Crippen LogP contribution in [0.15, 0.2) is 12.2 Å². The van der Waals surface area contributed by atoms with Gasteiger partial charge in [0.05, 0.1) is 19.7 Å². The zero-order valence-corrected chi connectivity index (χ0v) is 8.64. The van der Waals surface area contributed by atoms with Crippen molar-refractivity contribution in [1.29, 1.82) is 0 Å². The summed E-state index contributed by atoms with van der Waals surface area (Å²) in [6.07, 6.45) is 2.10. The van der Waals surface area contributed by atoms with Gasteiger partial charge in [0.15, 0.2) is 0 Å². The molecule has 76 valence electrons. The number of quaternary nitrogens is 1. The van der Waals surface area contributed by atoms with E-state index in [1.165, 1.54) is 6.42 Å². The molecule has 0 saturated carbocycles. The monoisotopic (exact) mass is 186 g/mol. The van der Waals surface area contributed by atoms with Crippen LogP contribution in [0.2, 0.25) is 0 Å². The van der Waals surface area contributed by atoms with E-state index in [9.17, 15) is 4.79 Å². The van der Waals surface area contributed by atoms with Crippen molar-refractivity contribution < 1.29 is 14.8 Å². The predicted molar refractivity (Wildman–Crippen MR) is 52.3 cm³/mol. The number of rotatable bonds is 7. The lowest BCUT2D eigenvalue weighted by atomic mass is 10.3. The summed E-state index contributed by atoms with van der Waals surface area (Å²) in [6.45, 7) is 9.99. The third-order valence-electron chi connectivity index (χ3n) is 1.63. The van der Waals surface area contributed by atoms with E-state index in [0.29, 0.717) is 12.2 Å². The fourth-order valence-electron chi connectivity index (χ4n) is 0.864. The van der Waals surface area contributed by atoms with Crippen LogP contribution in [0.25, 0.3) is 0 Å². The Bertz CT molecular complexity index is 166. The summed E-state index contributed by atoms with van der Waals surface area (Å²) in [7, 11) is 0. The Balaban J connectivity index is 3.16. The number of hydrogen-bond donors (Lipinski definition) is 1. The molecule has 0 unspecified atom stereocenters. The lowest BCUT2D eigenvalue weighted by Crippen LogP contribution is -2.84. The molecular formula is C10H20NO2+. The maximum atomic E-state index is 10.9. The van der Waals surface area contributed by atoms with E-state index in [-0.39, 0.29) is 5.97 Å². The van der Waals surface area contributed by atoms with E-state index in [1.807, 2.05) is 0 Å². The SMILES string of the molecule is C=C(C)C(=O)OCCC[NH2+]CCC. The molecule has 0 spiro atoms. The van der Waals surface area contributed by atoms with Gasteiger partial charge in [-0.3, -0.25) is 0 Å². The molecule has 0 atom stereocenters. The second-order valence-corrected chi connectivity index (χ2v) is 3.14. The van der Waals surface area contributed by atoms with Gasteiger partial charge >= 0.3 is 5.97 Å². The maximum absolute atomic E-state index is 10.9. The van der Waals surface area contributed by atoms with E-state index in [0.717, 1.165) is 19.5 Å². The second kappa shape index (κ2) is 7.80. The molecule has 3 nitrogen and oxygen atoms in total. The van der Waals surface area contributed by atoms with Crippen molar-refractivity contribution in [3.63, 3.8) is 0 Å². The smallest absolute Gasteiger partial charge is 0.333 e. The third kappa shape index (κ3) is 7.53. The van der Waals surface area contributed by atoms with Gasteiger partial charge in [0.25, 0.3) is 0 Å². The minimum absolute atomic E-state index is 0.282. The Labute approximate surface area is 80.2 Å². The van der Waals surface area contributed by atoms with Gasteiger partial charge in [-0.05, 0) is 13.3 Å². The summed E-state index contributed by atoms with van der Waals surface area (Å²) in [4.78, 5) is 10.9. The maximum Gasteiger partial charge on any atom is 0.333 e. The van der Waals surface area contributed by atoms with Crippen LogP contribution in [0.3, 0.4) is 0 Å². The van der Waals surface area contributed by atoms with Crippen LogP contribution in [0.5, 0.6) is 0 Å². The standard InChI is InChI=1S/C10H19NO2/c1-4-6-11-7-5-8-13-10(12)9(2)3/h11H,2,4-8H2,1,3H3/p+1. The summed E-state index contributed by atoms with van der Waals surface area (Å²) >= 11 is 0. The molecule has 0 aromatic rings. The molecule has 0 aromatic heterocycles. The zero-order valence-electron chi connectivity index (χ0n) is 8.64. The Kier molecular flexibility index (Phi) is 7.30. The van der Waals surface area contributed by atoms with Gasteiger partial charge < -0.3 is 10.1 Å². The summed E-state index contributed by atoms with van der Waals surface area (Å²) in [5.41, 5.74) is 0.470. The van der Waals surface area contributed by atoms with E-state index >= 15 is 0 Å². The van der Waals surface area contributed by atoms with Crippen LogP contribution in [0.4, 0.5) is 0 Å². The lowest BCUT2D eigenvalue weighted by molar-refractivity contribution is -0.655. The van der Waals surface area contributed by atoms with Gasteiger partial charge in [-0.15, -0.1) is 0 Å². The molecule has 0 amide bonds. The van der Waals surface area contributed by atoms with E-state index in [1.54, 1.807) is 6.92 Å². The Morgan fingerprint density at radius 3 is 2.69 bits per heavy atom. The summed E-state index contributed by atoms with van der Waals surface area (Å²) in [6, 6.07) is 0. The Hall–Kier alpha value is -0.830. The average Bonchev–Trinajstić information content (AvgIpc) is 2.10. The van der Waals surface area contributed by atoms with Crippen molar-refractivity contribution in [3.05, 3.63) is 12.2 Å². The van der Waals surface area contributed by atoms with Crippen LogP contribution in [-0.2, 0) is 9.53 Å². The fourth-order valence-corrected chi connectivity index (χ4v) is 0.864. The number of ether oxygens (including phenoxy) is 1. The molecule has 0 saturated heterocycles. The van der Waals surface area contributed by atoms with Crippen LogP contribution in [0.1, 0.15) is 26.7 Å². The van der Waals surface area contributed by atoms with E-state index in [2.05, 4.69) is 18.8 Å². The summed E-state index contributed by atoms with van der Waals surface area (Å²) in [5, 5.41) is 2.23. The molecule has 13 heavy (non-hydrogen) atoms. The van der Waals surface area contributed by atoms with Gasteiger partial charge in [-0.25, -0.2) is 4.79 Å². The highest BCUT2D eigenvalue weighted by molar-refractivity contribution is 5.86. The van der Waals surface area contributed by atoms with Crippen LogP contribution in [-0.4, -0.2) is 25.7 Å². The molecule has 0 rings (SSSR count). The fraction of sp³-hybridized carbons (Fsp3) is 0.700. The second-order valence-electron chi connectivity index (χ2n) is 3.14. The van der Waals surface area contributed by atoms with E-state index in [4.69, 9.17) is 4.74 Å². The molecule has 0 aliphatic rings. The minimum atomic E-state index is -0.282. The normalized spacial score (nSPS) is 9.69. The largest absolute Gasteiger partial charge is 0.462 e. The summed E-state index contributed by atoms with van der Waals surface area (Å²) < 4.78 is 4.93. The molecule has 0 radical (unpaired) electrons. The summed E-state index contributed by atoms with van der Waals surface area (Å²) in [5.74, 6) is -0.282. The van der Waals surface area contributed by atoms with Gasteiger partial charge in [0.2, 0.25) is 0 Å². The Morgan fingerprint density at radius 1 is 1.46 bits per heavy atom. The number of carbonyl (C=O) groups excluding carboxylic acids is 1. The number of carbonyl (C=O) groups is 1. The minimum Gasteiger partial charge on any atom is -0.462 e. The molecule has 0 fully saturated rings. The first-order valence-electron chi connectivity index (χ1n) is 4.82. The zero-order chi connectivity index (χ0) is 10.1. The van der Waals surface area contributed by atoms with Crippen molar-refractivity contribution in [2.24, 2.45) is 0 Å². The highest BCUT2D eigenvalue weighted by Gasteiger charge is 2.01. The number of hydrogen-bond acceptors (Lipinski definition) is 2. The Morgan fingerprint density at radius 2 is 2.15 bits per heavy atom. The van der Waals surface area contributed by atoms with Crippen molar-refractivity contribution in [2.75, 3.05) is 19.7 Å². The third-order valence-corrected chi connectivity index (χ3v) is 1.63. The predicted octanol–water partition coefficient (Wildman–Crippen LogP) is 0.469. The van der Waals surface area contributed by atoms with Crippen LogP contribution in [0, 0.1) is 0 Å². The van der Waals surface area contributed by atoms with Crippen LogP contribution >= 0.6 is 0 Å². The highest BCUT2D eigenvalue weighted by atomic mass is 16.5. The molecule has 2 N–H and O–H groups in total. The number of nitrogens with two attached hydrogens (primary N) is 1. The first kappa shape index (κ1) is 12.2. The molecule has 0 bridgehead atoms. The van der Waals surface area contributed by atoms with Gasteiger partial charge in [0, 0.05) is 12.0 Å². The van der Waals surface area contributed by atoms with Gasteiger partial charge in [-0.2, -0.15) is 0 Å². The van der Waals surface area contributed by atoms with Crippen molar-refractivity contribution in [3.8, 4) is 0 Å². The molecular weight excluding hydrogens is 166 g/mol. The van der Waals surface area contributed by atoms with Crippen molar-refractivity contribution in [2.45, 2.75) is 26.7 Å². The highest BCUT2D eigenvalue weighted by Crippen LogP contribution is 1.91. The molecule has 0 aromatic carbocycles. The average molecular weight is 186 g/mol. The molecule has 0 heterocycles. The first-order valence-corrected chi connectivity index (χ1v) is 4.82. The molecule has 0 aliphatic carbocycles. The lowest BCUT2D eigenvalue weighted by Gasteiger charge is -2.03. The first-order chi connectivity index (χ1) is 6.18. The number of esters is 1. The quantitative estimate of drug-likeness (QED) is 0.357. The van der Waals surface area contributed by atoms with Crippen molar-refractivity contribution >= 4 is 5.97 Å². The van der Waals surface area contributed by atoms with Gasteiger partial charge in [0.1, 0.15) is 0 Å². The molecule has 0 aliphatic heterocycles. The topological polar surface area (TPSA) is 42.9 Å².